The molecule has 0 spiro atoms. The molecule has 0 bridgehead atoms. The molecule has 5 nitrogen and oxygen atoms in total. The number of hydrogen-bond donors (Lipinski definition) is 2. The summed E-state index contributed by atoms with van der Waals surface area (Å²) in [4.78, 5) is 0. The van der Waals surface area contributed by atoms with Crippen LogP contribution >= 0.6 is 15.9 Å². The molecule has 0 radical (unpaired) electrons. The summed E-state index contributed by atoms with van der Waals surface area (Å²) in [5, 5.41) is 9.31. The standard InChI is InChI=1S/C13H19BrN2O3S/c14-12-5-3-4-11(8-12)9-15-20(18,19)16-7-2-1-6-13(16)10-17/h3-5,8,13,15,17H,1-2,6-7,9-10H2. The van der Waals surface area contributed by atoms with E-state index >= 15 is 0 Å². The van der Waals surface area contributed by atoms with Crippen molar-refractivity contribution in [2.75, 3.05) is 13.2 Å². The largest absolute Gasteiger partial charge is 0.395 e. The Labute approximate surface area is 128 Å². The van der Waals surface area contributed by atoms with Crippen LogP contribution in [0.2, 0.25) is 0 Å². The van der Waals surface area contributed by atoms with Gasteiger partial charge in [-0.15, -0.1) is 0 Å². The lowest BCUT2D eigenvalue weighted by Crippen LogP contribution is -2.50. The quantitative estimate of drug-likeness (QED) is 0.836. The van der Waals surface area contributed by atoms with E-state index in [-0.39, 0.29) is 19.2 Å². The topological polar surface area (TPSA) is 69.6 Å². The van der Waals surface area contributed by atoms with Crippen LogP contribution in [-0.4, -0.2) is 37.0 Å². The maximum Gasteiger partial charge on any atom is 0.280 e. The minimum absolute atomic E-state index is 0.127. The van der Waals surface area contributed by atoms with Crippen LogP contribution < -0.4 is 4.72 Å². The molecular weight excluding hydrogens is 344 g/mol. The number of aliphatic hydroxyl groups is 1. The van der Waals surface area contributed by atoms with Gasteiger partial charge in [0.25, 0.3) is 10.2 Å². The Kier molecular flexibility index (Phi) is 5.57. The van der Waals surface area contributed by atoms with Crippen LogP contribution in [0.5, 0.6) is 0 Å². The molecule has 1 aliphatic heterocycles. The number of aliphatic hydroxyl groups excluding tert-OH is 1. The molecule has 1 atom stereocenters. The van der Waals surface area contributed by atoms with Crippen molar-refractivity contribution in [1.29, 1.82) is 0 Å². The van der Waals surface area contributed by atoms with Gasteiger partial charge < -0.3 is 5.11 Å². The monoisotopic (exact) mass is 362 g/mol. The average Bonchev–Trinajstić information content (AvgIpc) is 2.45. The lowest BCUT2D eigenvalue weighted by atomic mass is 10.1. The van der Waals surface area contributed by atoms with Gasteiger partial charge in [-0.2, -0.15) is 17.4 Å². The predicted molar refractivity (Wildman–Crippen MR) is 81.3 cm³/mol. The normalized spacial score (nSPS) is 21.0. The van der Waals surface area contributed by atoms with Gasteiger partial charge in [0.15, 0.2) is 0 Å². The lowest BCUT2D eigenvalue weighted by Gasteiger charge is -2.33. The predicted octanol–water partition coefficient (Wildman–Crippen LogP) is 1.63. The summed E-state index contributed by atoms with van der Waals surface area (Å²) in [6.45, 7) is 0.591. The summed E-state index contributed by atoms with van der Waals surface area (Å²) in [5.74, 6) is 0. The first-order valence-electron chi connectivity index (χ1n) is 6.64. The van der Waals surface area contributed by atoms with Gasteiger partial charge in [-0.05, 0) is 30.5 Å². The second-order valence-electron chi connectivity index (χ2n) is 4.90. The van der Waals surface area contributed by atoms with Crippen LogP contribution in [0.25, 0.3) is 0 Å². The van der Waals surface area contributed by atoms with E-state index in [0.717, 1.165) is 22.9 Å². The van der Waals surface area contributed by atoms with Crippen molar-refractivity contribution in [3.05, 3.63) is 34.3 Å². The molecule has 1 fully saturated rings. The number of halogens is 1. The lowest BCUT2D eigenvalue weighted by molar-refractivity contribution is 0.154. The second kappa shape index (κ2) is 7.00. The van der Waals surface area contributed by atoms with Crippen molar-refractivity contribution >= 4 is 26.1 Å². The van der Waals surface area contributed by atoms with Gasteiger partial charge in [-0.25, -0.2) is 0 Å². The summed E-state index contributed by atoms with van der Waals surface area (Å²) >= 11 is 3.36. The highest BCUT2D eigenvalue weighted by Crippen LogP contribution is 2.19. The van der Waals surface area contributed by atoms with E-state index in [1.165, 1.54) is 4.31 Å². The van der Waals surface area contributed by atoms with Gasteiger partial charge in [0, 0.05) is 23.6 Å². The number of benzene rings is 1. The molecule has 0 saturated carbocycles. The first-order chi connectivity index (χ1) is 9.53. The van der Waals surface area contributed by atoms with Gasteiger partial charge in [0.05, 0.1) is 6.61 Å². The second-order valence-corrected chi connectivity index (χ2v) is 7.52. The Morgan fingerprint density at radius 2 is 2.20 bits per heavy atom. The van der Waals surface area contributed by atoms with E-state index in [9.17, 15) is 13.5 Å². The highest BCUT2D eigenvalue weighted by Gasteiger charge is 2.31. The van der Waals surface area contributed by atoms with Crippen LogP contribution in [-0.2, 0) is 16.8 Å². The number of hydrogen-bond acceptors (Lipinski definition) is 3. The van der Waals surface area contributed by atoms with Crippen molar-refractivity contribution < 1.29 is 13.5 Å². The first-order valence-corrected chi connectivity index (χ1v) is 8.88. The Morgan fingerprint density at radius 3 is 2.90 bits per heavy atom. The molecule has 0 aliphatic carbocycles. The minimum atomic E-state index is -3.55. The fraction of sp³-hybridized carbons (Fsp3) is 0.538. The van der Waals surface area contributed by atoms with Gasteiger partial charge in [-0.3, -0.25) is 0 Å². The van der Waals surface area contributed by atoms with Crippen LogP contribution in [0.3, 0.4) is 0 Å². The Morgan fingerprint density at radius 1 is 1.40 bits per heavy atom. The fourth-order valence-corrected chi connectivity index (χ4v) is 4.27. The van der Waals surface area contributed by atoms with Crippen molar-refractivity contribution in [1.82, 2.24) is 9.03 Å². The maximum atomic E-state index is 12.3. The minimum Gasteiger partial charge on any atom is -0.395 e. The third-order valence-electron chi connectivity index (χ3n) is 3.44. The zero-order valence-corrected chi connectivity index (χ0v) is 13.5. The van der Waals surface area contributed by atoms with E-state index in [2.05, 4.69) is 20.7 Å². The molecule has 2 N–H and O–H groups in total. The Balaban J connectivity index is 2.03. The molecule has 1 aromatic carbocycles. The van der Waals surface area contributed by atoms with Crippen molar-refractivity contribution in [3.8, 4) is 0 Å². The van der Waals surface area contributed by atoms with Crippen LogP contribution in [0, 0.1) is 0 Å². The highest BCUT2D eigenvalue weighted by atomic mass is 79.9. The number of nitrogens with zero attached hydrogens (tertiary/aromatic N) is 1. The van der Waals surface area contributed by atoms with Crippen LogP contribution in [0.4, 0.5) is 0 Å². The number of rotatable bonds is 5. The van der Waals surface area contributed by atoms with Gasteiger partial charge in [0.1, 0.15) is 0 Å². The zero-order valence-electron chi connectivity index (χ0n) is 11.1. The van der Waals surface area contributed by atoms with E-state index < -0.39 is 10.2 Å². The molecule has 2 rings (SSSR count). The van der Waals surface area contributed by atoms with Crippen molar-refractivity contribution in [2.45, 2.75) is 31.8 Å². The van der Waals surface area contributed by atoms with Gasteiger partial charge in [-0.1, -0.05) is 34.5 Å². The summed E-state index contributed by atoms with van der Waals surface area (Å²) in [7, 11) is -3.55. The molecule has 112 valence electrons. The van der Waals surface area contributed by atoms with E-state index in [4.69, 9.17) is 0 Å². The Hall–Kier alpha value is -0.470. The third-order valence-corrected chi connectivity index (χ3v) is 5.54. The third kappa shape index (κ3) is 4.02. The molecule has 1 heterocycles. The van der Waals surface area contributed by atoms with Gasteiger partial charge >= 0.3 is 0 Å². The summed E-state index contributed by atoms with van der Waals surface area (Å²) in [5.41, 5.74) is 0.889. The van der Waals surface area contributed by atoms with E-state index in [0.29, 0.717) is 13.0 Å². The maximum absolute atomic E-state index is 12.3. The molecule has 20 heavy (non-hydrogen) atoms. The summed E-state index contributed by atoms with van der Waals surface area (Å²) in [6.07, 6.45) is 2.52. The molecule has 0 amide bonds. The molecule has 0 aromatic heterocycles. The molecular formula is C13H19BrN2O3S. The molecule has 1 aliphatic rings. The van der Waals surface area contributed by atoms with E-state index in [1.54, 1.807) is 0 Å². The van der Waals surface area contributed by atoms with Crippen molar-refractivity contribution in [2.24, 2.45) is 0 Å². The van der Waals surface area contributed by atoms with Gasteiger partial charge in [0.2, 0.25) is 0 Å². The Bertz CT molecular complexity index is 550. The molecule has 1 aromatic rings. The highest BCUT2D eigenvalue weighted by molar-refractivity contribution is 9.10. The number of piperidine rings is 1. The SMILES string of the molecule is O=S(=O)(NCc1cccc(Br)c1)N1CCCCC1CO. The average molecular weight is 363 g/mol. The van der Waals surface area contributed by atoms with Crippen LogP contribution in [0.1, 0.15) is 24.8 Å². The molecule has 7 heteroatoms. The first kappa shape index (κ1) is 15.9. The van der Waals surface area contributed by atoms with Crippen LogP contribution in [0.15, 0.2) is 28.7 Å². The molecule has 1 saturated heterocycles. The fourth-order valence-electron chi connectivity index (χ4n) is 2.38. The summed E-state index contributed by atoms with van der Waals surface area (Å²) < 4.78 is 29.5. The van der Waals surface area contributed by atoms with Crippen molar-refractivity contribution in [3.63, 3.8) is 0 Å². The smallest absolute Gasteiger partial charge is 0.280 e. The zero-order chi connectivity index (χ0) is 14.6. The number of nitrogens with one attached hydrogen (secondary N) is 1. The summed E-state index contributed by atoms with van der Waals surface area (Å²) in [6, 6.07) is 7.20. The molecule has 1 unspecified atom stereocenters. The van der Waals surface area contributed by atoms with E-state index in [1.807, 2.05) is 24.3 Å².